The SMILES string of the molecule is O=C(NN=Cc1cc([N+](=O)[O-])ccc1O)c1ccc(N2CCCC2)c([N+](=O)[O-])c1. The first-order chi connectivity index (χ1) is 13.9. The van der Waals surface area contributed by atoms with Gasteiger partial charge < -0.3 is 10.0 Å². The van der Waals surface area contributed by atoms with E-state index in [1.54, 1.807) is 0 Å². The van der Waals surface area contributed by atoms with Gasteiger partial charge in [0.1, 0.15) is 11.4 Å². The van der Waals surface area contributed by atoms with E-state index in [0.29, 0.717) is 5.69 Å². The molecule has 0 radical (unpaired) electrons. The number of nitro groups is 2. The molecule has 1 aliphatic rings. The van der Waals surface area contributed by atoms with Gasteiger partial charge in [0, 0.05) is 42.4 Å². The van der Waals surface area contributed by atoms with Crippen LogP contribution in [0.15, 0.2) is 41.5 Å². The number of carbonyl (C=O) groups is 1. The lowest BCUT2D eigenvalue weighted by Crippen LogP contribution is -2.21. The number of hydrogen-bond donors (Lipinski definition) is 2. The van der Waals surface area contributed by atoms with Crippen molar-refractivity contribution in [2.75, 3.05) is 18.0 Å². The summed E-state index contributed by atoms with van der Waals surface area (Å²) in [6, 6.07) is 7.56. The molecular formula is C18H17N5O6. The van der Waals surface area contributed by atoms with E-state index in [2.05, 4.69) is 10.5 Å². The summed E-state index contributed by atoms with van der Waals surface area (Å²) in [6.45, 7) is 1.45. The maximum atomic E-state index is 12.3. The second-order valence-corrected chi connectivity index (χ2v) is 6.35. The topological polar surface area (TPSA) is 151 Å². The number of hydrazone groups is 1. The average molecular weight is 399 g/mol. The van der Waals surface area contributed by atoms with Crippen LogP contribution in [0.1, 0.15) is 28.8 Å². The molecule has 0 bridgehead atoms. The summed E-state index contributed by atoms with van der Waals surface area (Å²) >= 11 is 0. The molecule has 2 N–H and O–H groups in total. The van der Waals surface area contributed by atoms with Crippen LogP contribution >= 0.6 is 0 Å². The van der Waals surface area contributed by atoms with E-state index in [4.69, 9.17) is 0 Å². The third kappa shape index (κ3) is 4.46. The number of rotatable bonds is 6. The Kier molecular flexibility index (Phi) is 5.67. The number of nitrogens with zero attached hydrogens (tertiary/aromatic N) is 4. The number of non-ortho nitro benzene ring substituents is 1. The fourth-order valence-electron chi connectivity index (χ4n) is 3.02. The van der Waals surface area contributed by atoms with Gasteiger partial charge in [-0.25, -0.2) is 5.43 Å². The lowest BCUT2D eigenvalue weighted by Gasteiger charge is -2.17. The lowest BCUT2D eigenvalue weighted by atomic mass is 10.1. The number of phenols is 1. The molecule has 11 nitrogen and oxygen atoms in total. The molecule has 11 heteroatoms. The molecule has 0 unspecified atom stereocenters. The Balaban J connectivity index is 1.76. The number of nitro benzene ring substituents is 2. The predicted molar refractivity (Wildman–Crippen MR) is 104 cm³/mol. The lowest BCUT2D eigenvalue weighted by molar-refractivity contribution is -0.384. The number of nitrogens with one attached hydrogen (secondary N) is 1. The summed E-state index contributed by atoms with van der Waals surface area (Å²) in [5, 5.41) is 35.6. The van der Waals surface area contributed by atoms with Crippen molar-refractivity contribution in [3.05, 3.63) is 67.8 Å². The van der Waals surface area contributed by atoms with Gasteiger partial charge in [0.25, 0.3) is 17.3 Å². The van der Waals surface area contributed by atoms with Crippen molar-refractivity contribution >= 4 is 29.2 Å². The van der Waals surface area contributed by atoms with Gasteiger partial charge in [0.05, 0.1) is 16.1 Å². The van der Waals surface area contributed by atoms with Gasteiger partial charge in [-0.1, -0.05) is 0 Å². The van der Waals surface area contributed by atoms with E-state index in [9.17, 15) is 30.1 Å². The Bertz CT molecular complexity index is 1000. The zero-order valence-electron chi connectivity index (χ0n) is 15.1. The summed E-state index contributed by atoms with van der Waals surface area (Å²) in [5.41, 5.74) is 2.32. The van der Waals surface area contributed by atoms with Crippen molar-refractivity contribution in [1.29, 1.82) is 0 Å². The Labute approximate surface area is 164 Å². The third-order valence-electron chi connectivity index (χ3n) is 4.47. The van der Waals surface area contributed by atoms with Crippen LogP contribution in [0, 0.1) is 20.2 Å². The van der Waals surface area contributed by atoms with Crippen molar-refractivity contribution < 1.29 is 19.7 Å². The van der Waals surface area contributed by atoms with Crippen LogP contribution in [0.5, 0.6) is 5.75 Å². The van der Waals surface area contributed by atoms with Crippen molar-refractivity contribution in [3.63, 3.8) is 0 Å². The molecule has 1 fully saturated rings. The molecule has 0 atom stereocenters. The summed E-state index contributed by atoms with van der Waals surface area (Å²) in [7, 11) is 0. The Morgan fingerprint density at radius 1 is 1.10 bits per heavy atom. The molecule has 1 heterocycles. The van der Waals surface area contributed by atoms with Crippen LogP contribution in [0.4, 0.5) is 17.1 Å². The zero-order valence-corrected chi connectivity index (χ0v) is 15.1. The van der Waals surface area contributed by atoms with Crippen LogP contribution in [-0.4, -0.2) is 40.2 Å². The molecule has 150 valence electrons. The highest BCUT2D eigenvalue weighted by Crippen LogP contribution is 2.31. The Hall–Kier alpha value is -4.02. The normalized spacial score (nSPS) is 13.6. The van der Waals surface area contributed by atoms with Crippen molar-refractivity contribution in [3.8, 4) is 5.75 Å². The minimum Gasteiger partial charge on any atom is -0.507 e. The number of hydrogen-bond acceptors (Lipinski definition) is 8. The molecule has 1 saturated heterocycles. The molecule has 3 rings (SSSR count). The highest BCUT2D eigenvalue weighted by molar-refractivity contribution is 5.96. The van der Waals surface area contributed by atoms with E-state index < -0.39 is 15.8 Å². The van der Waals surface area contributed by atoms with Gasteiger partial charge in [0.15, 0.2) is 0 Å². The quantitative estimate of drug-likeness (QED) is 0.430. The van der Waals surface area contributed by atoms with Crippen molar-refractivity contribution in [2.45, 2.75) is 12.8 Å². The first-order valence-corrected chi connectivity index (χ1v) is 8.71. The number of anilines is 1. The molecule has 0 saturated carbocycles. The number of amides is 1. The minimum absolute atomic E-state index is 0.0369. The van der Waals surface area contributed by atoms with E-state index in [1.807, 2.05) is 4.90 Å². The van der Waals surface area contributed by atoms with Gasteiger partial charge in [-0.15, -0.1) is 0 Å². The van der Waals surface area contributed by atoms with Crippen LogP contribution in [0.2, 0.25) is 0 Å². The number of aromatic hydroxyl groups is 1. The smallest absolute Gasteiger partial charge is 0.293 e. The molecule has 1 aliphatic heterocycles. The zero-order chi connectivity index (χ0) is 21.0. The van der Waals surface area contributed by atoms with Gasteiger partial charge in [0.2, 0.25) is 0 Å². The molecule has 0 aliphatic carbocycles. The highest BCUT2D eigenvalue weighted by Gasteiger charge is 2.23. The molecule has 0 spiro atoms. The van der Waals surface area contributed by atoms with Crippen LogP contribution in [0.25, 0.3) is 0 Å². The molecule has 29 heavy (non-hydrogen) atoms. The number of carbonyl (C=O) groups excluding carboxylic acids is 1. The summed E-state index contributed by atoms with van der Waals surface area (Å²) in [5.74, 6) is -0.943. The molecular weight excluding hydrogens is 382 g/mol. The fourth-order valence-corrected chi connectivity index (χ4v) is 3.02. The average Bonchev–Trinajstić information content (AvgIpc) is 3.23. The summed E-state index contributed by atoms with van der Waals surface area (Å²) < 4.78 is 0. The van der Waals surface area contributed by atoms with Crippen LogP contribution in [0.3, 0.4) is 0 Å². The Morgan fingerprint density at radius 3 is 2.48 bits per heavy atom. The summed E-state index contributed by atoms with van der Waals surface area (Å²) in [4.78, 5) is 35.2. The second-order valence-electron chi connectivity index (χ2n) is 6.35. The van der Waals surface area contributed by atoms with E-state index >= 15 is 0 Å². The molecule has 1 amide bonds. The first kappa shape index (κ1) is 19.7. The maximum absolute atomic E-state index is 12.3. The third-order valence-corrected chi connectivity index (χ3v) is 4.47. The van der Waals surface area contributed by atoms with Crippen LogP contribution < -0.4 is 10.3 Å². The molecule has 2 aromatic rings. The van der Waals surface area contributed by atoms with Gasteiger partial charge >= 0.3 is 0 Å². The van der Waals surface area contributed by atoms with Gasteiger partial charge in [-0.2, -0.15) is 5.10 Å². The number of benzene rings is 2. The fraction of sp³-hybridized carbons (Fsp3) is 0.222. The molecule has 2 aromatic carbocycles. The summed E-state index contributed by atoms with van der Waals surface area (Å²) in [6.07, 6.45) is 2.96. The van der Waals surface area contributed by atoms with Crippen LogP contribution in [-0.2, 0) is 0 Å². The second kappa shape index (κ2) is 8.33. The molecule has 0 aromatic heterocycles. The van der Waals surface area contributed by atoms with Crippen molar-refractivity contribution in [1.82, 2.24) is 5.43 Å². The van der Waals surface area contributed by atoms with Gasteiger partial charge in [-0.05, 0) is 31.0 Å². The first-order valence-electron chi connectivity index (χ1n) is 8.71. The maximum Gasteiger partial charge on any atom is 0.293 e. The van der Waals surface area contributed by atoms with E-state index in [-0.39, 0.29) is 28.3 Å². The van der Waals surface area contributed by atoms with Crippen molar-refractivity contribution in [2.24, 2.45) is 5.10 Å². The number of phenolic OH excluding ortho intramolecular Hbond substituents is 1. The van der Waals surface area contributed by atoms with E-state index in [0.717, 1.165) is 50.3 Å². The van der Waals surface area contributed by atoms with Gasteiger partial charge in [-0.3, -0.25) is 25.0 Å². The minimum atomic E-state index is -0.692. The standard InChI is InChI=1S/C18H17N5O6/c24-17-6-4-14(22(26)27)9-13(17)11-19-20-18(25)12-3-5-15(16(10-12)23(28)29)21-7-1-2-8-21/h3-6,9-11,24H,1-2,7-8H2,(H,20,25). The largest absolute Gasteiger partial charge is 0.507 e. The Morgan fingerprint density at radius 2 is 1.83 bits per heavy atom. The monoisotopic (exact) mass is 399 g/mol. The predicted octanol–water partition coefficient (Wildman–Crippen LogP) is 2.57. The van der Waals surface area contributed by atoms with E-state index in [1.165, 1.54) is 18.2 Å². The highest BCUT2D eigenvalue weighted by atomic mass is 16.6.